The highest BCUT2D eigenvalue weighted by atomic mass is 16.5. The van der Waals surface area contributed by atoms with Crippen molar-refractivity contribution in [3.8, 4) is 17.0 Å². The van der Waals surface area contributed by atoms with Gasteiger partial charge in [0.1, 0.15) is 17.8 Å². The Morgan fingerprint density at radius 2 is 2.00 bits per heavy atom. The minimum absolute atomic E-state index is 0.00651. The first-order valence-corrected chi connectivity index (χ1v) is 10.3. The van der Waals surface area contributed by atoms with Crippen molar-refractivity contribution in [2.24, 2.45) is 0 Å². The first-order valence-electron chi connectivity index (χ1n) is 10.3. The number of para-hydroxylation sites is 1. The normalized spacial score (nSPS) is 14.2. The molecule has 4 rings (SSSR count). The summed E-state index contributed by atoms with van der Waals surface area (Å²) < 4.78 is 14.2. The number of morpholine rings is 1. The lowest BCUT2D eigenvalue weighted by atomic mass is 10.1. The molecule has 0 atom stereocenters. The molecule has 30 heavy (non-hydrogen) atoms. The SMILES string of the molecule is CCCCOc1ccccc1-c1cc2c(=O)n(CC(=O)N3CCOCC3)ccn2n1. The number of hydrogen-bond acceptors (Lipinski definition) is 5. The monoisotopic (exact) mass is 410 g/mol. The van der Waals surface area contributed by atoms with Gasteiger partial charge in [-0.15, -0.1) is 0 Å². The largest absolute Gasteiger partial charge is 0.493 e. The second kappa shape index (κ2) is 9.13. The summed E-state index contributed by atoms with van der Waals surface area (Å²) in [5, 5.41) is 4.55. The molecule has 1 aliphatic rings. The van der Waals surface area contributed by atoms with Gasteiger partial charge in [-0.1, -0.05) is 25.5 Å². The van der Waals surface area contributed by atoms with Crippen LogP contribution in [-0.4, -0.2) is 57.9 Å². The third-order valence-corrected chi connectivity index (χ3v) is 5.19. The molecule has 1 saturated heterocycles. The Morgan fingerprint density at radius 3 is 2.80 bits per heavy atom. The Labute approximate surface area is 174 Å². The van der Waals surface area contributed by atoms with E-state index < -0.39 is 0 Å². The Bertz CT molecular complexity index is 1080. The van der Waals surface area contributed by atoms with Gasteiger partial charge in [-0.05, 0) is 24.6 Å². The Morgan fingerprint density at radius 1 is 1.20 bits per heavy atom. The van der Waals surface area contributed by atoms with Crippen LogP contribution in [0.2, 0.25) is 0 Å². The van der Waals surface area contributed by atoms with Crippen LogP contribution in [-0.2, 0) is 16.1 Å². The topological polar surface area (TPSA) is 78.1 Å². The zero-order valence-corrected chi connectivity index (χ0v) is 17.1. The number of carbonyl (C=O) groups excluding carboxylic acids is 1. The van der Waals surface area contributed by atoms with Gasteiger partial charge in [0.05, 0.1) is 25.5 Å². The van der Waals surface area contributed by atoms with Crippen LogP contribution in [0.15, 0.2) is 47.5 Å². The number of benzene rings is 1. The van der Waals surface area contributed by atoms with Crippen molar-refractivity contribution < 1.29 is 14.3 Å². The first-order chi connectivity index (χ1) is 14.7. The smallest absolute Gasteiger partial charge is 0.277 e. The minimum Gasteiger partial charge on any atom is -0.493 e. The highest BCUT2D eigenvalue weighted by Crippen LogP contribution is 2.29. The summed E-state index contributed by atoms with van der Waals surface area (Å²) in [5.74, 6) is 0.663. The van der Waals surface area contributed by atoms with Gasteiger partial charge in [-0.25, -0.2) is 4.52 Å². The number of amides is 1. The lowest BCUT2D eigenvalue weighted by Gasteiger charge is -2.27. The van der Waals surface area contributed by atoms with E-state index in [0.717, 1.165) is 24.2 Å². The van der Waals surface area contributed by atoms with E-state index in [1.807, 2.05) is 24.3 Å². The van der Waals surface area contributed by atoms with Crippen LogP contribution in [0.1, 0.15) is 19.8 Å². The summed E-state index contributed by atoms with van der Waals surface area (Å²) >= 11 is 0. The molecule has 3 aromatic rings. The fourth-order valence-electron chi connectivity index (χ4n) is 3.47. The van der Waals surface area contributed by atoms with E-state index in [2.05, 4.69) is 12.0 Å². The molecule has 8 heteroatoms. The molecule has 1 fully saturated rings. The van der Waals surface area contributed by atoms with Gasteiger partial charge < -0.3 is 18.9 Å². The number of ether oxygens (including phenoxy) is 2. The lowest BCUT2D eigenvalue weighted by molar-refractivity contribution is -0.135. The third-order valence-electron chi connectivity index (χ3n) is 5.19. The second-order valence-corrected chi connectivity index (χ2v) is 7.28. The van der Waals surface area contributed by atoms with Gasteiger partial charge in [0.2, 0.25) is 5.91 Å². The van der Waals surface area contributed by atoms with E-state index in [9.17, 15) is 9.59 Å². The van der Waals surface area contributed by atoms with Crippen molar-refractivity contribution in [2.75, 3.05) is 32.9 Å². The standard InChI is InChI=1S/C22H26N4O4/c1-2-3-12-30-20-7-5-4-6-17(20)18-15-19-22(28)25(8-9-26(19)23-18)16-21(27)24-10-13-29-14-11-24/h4-9,15H,2-3,10-14,16H2,1H3. The van der Waals surface area contributed by atoms with E-state index in [0.29, 0.717) is 44.1 Å². The molecule has 0 N–H and O–H groups in total. The maximum atomic E-state index is 13.0. The van der Waals surface area contributed by atoms with Gasteiger partial charge in [0, 0.05) is 31.0 Å². The number of aromatic nitrogens is 3. The minimum atomic E-state index is -0.248. The van der Waals surface area contributed by atoms with E-state index >= 15 is 0 Å². The Hall–Kier alpha value is -3.13. The summed E-state index contributed by atoms with van der Waals surface area (Å²) in [4.78, 5) is 27.2. The van der Waals surface area contributed by atoms with Gasteiger partial charge in [-0.3, -0.25) is 9.59 Å². The average Bonchev–Trinajstić information content (AvgIpc) is 3.22. The predicted octanol–water partition coefficient (Wildman–Crippen LogP) is 2.20. The quantitative estimate of drug-likeness (QED) is 0.558. The van der Waals surface area contributed by atoms with Crippen LogP contribution in [0.5, 0.6) is 5.75 Å². The number of nitrogens with zero attached hydrogens (tertiary/aromatic N) is 4. The second-order valence-electron chi connectivity index (χ2n) is 7.28. The van der Waals surface area contributed by atoms with E-state index in [-0.39, 0.29) is 18.0 Å². The molecule has 0 saturated carbocycles. The Kier molecular flexibility index (Phi) is 6.13. The lowest BCUT2D eigenvalue weighted by Crippen LogP contribution is -2.43. The highest BCUT2D eigenvalue weighted by Gasteiger charge is 2.19. The first kappa shape index (κ1) is 20.2. The number of rotatable bonds is 7. The van der Waals surface area contributed by atoms with Crippen molar-refractivity contribution in [3.05, 3.63) is 53.1 Å². The molecule has 1 aliphatic heterocycles. The van der Waals surface area contributed by atoms with E-state index in [4.69, 9.17) is 9.47 Å². The van der Waals surface area contributed by atoms with Crippen LogP contribution in [0, 0.1) is 0 Å². The molecule has 0 unspecified atom stereocenters. The molecule has 1 aromatic carbocycles. The van der Waals surface area contributed by atoms with Crippen molar-refractivity contribution in [1.82, 2.24) is 19.1 Å². The summed E-state index contributed by atoms with van der Waals surface area (Å²) in [7, 11) is 0. The van der Waals surface area contributed by atoms with Gasteiger partial charge >= 0.3 is 0 Å². The number of unbranched alkanes of at least 4 members (excludes halogenated alkanes) is 1. The fraction of sp³-hybridized carbons (Fsp3) is 0.409. The molecule has 0 radical (unpaired) electrons. The molecule has 158 valence electrons. The summed E-state index contributed by atoms with van der Waals surface area (Å²) in [6, 6.07) is 9.44. The molecule has 0 aliphatic carbocycles. The van der Waals surface area contributed by atoms with Gasteiger partial charge in [0.25, 0.3) is 5.56 Å². The van der Waals surface area contributed by atoms with Crippen LogP contribution in [0.25, 0.3) is 16.8 Å². The molecule has 0 bridgehead atoms. The third kappa shape index (κ3) is 4.23. The zero-order chi connectivity index (χ0) is 20.9. The summed E-state index contributed by atoms with van der Waals surface area (Å²) in [6.45, 7) is 4.94. The van der Waals surface area contributed by atoms with Crippen molar-refractivity contribution in [3.63, 3.8) is 0 Å². The van der Waals surface area contributed by atoms with Crippen molar-refractivity contribution in [2.45, 2.75) is 26.3 Å². The number of hydrogen-bond donors (Lipinski definition) is 0. The zero-order valence-electron chi connectivity index (χ0n) is 17.1. The van der Waals surface area contributed by atoms with Crippen LogP contribution in [0.3, 0.4) is 0 Å². The summed E-state index contributed by atoms with van der Waals surface area (Å²) in [6.07, 6.45) is 5.34. The van der Waals surface area contributed by atoms with Crippen molar-refractivity contribution in [1.29, 1.82) is 0 Å². The van der Waals surface area contributed by atoms with E-state index in [1.54, 1.807) is 27.9 Å². The molecule has 8 nitrogen and oxygen atoms in total. The van der Waals surface area contributed by atoms with Gasteiger partial charge in [-0.2, -0.15) is 5.10 Å². The number of fused-ring (bicyclic) bond motifs is 1. The fourth-order valence-corrected chi connectivity index (χ4v) is 3.47. The highest BCUT2D eigenvalue weighted by molar-refractivity contribution is 5.76. The molecule has 2 aromatic heterocycles. The Balaban J connectivity index is 1.60. The van der Waals surface area contributed by atoms with Crippen LogP contribution < -0.4 is 10.3 Å². The maximum Gasteiger partial charge on any atom is 0.277 e. The maximum absolute atomic E-state index is 13.0. The molecule has 3 heterocycles. The van der Waals surface area contributed by atoms with Crippen LogP contribution >= 0.6 is 0 Å². The summed E-state index contributed by atoms with van der Waals surface area (Å²) in [5.41, 5.74) is 1.68. The van der Waals surface area contributed by atoms with Crippen molar-refractivity contribution >= 4 is 11.4 Å². The number of carbonyl (C=O) groups is 1. The van der Waals surface area contributed by atoms with Gasteiger partial charge in [0.15, 0.2) is 0 Å². The van der Waals surface area contributed by atoms with E-state index in [1.165, 1.54) is 4.57 Å². The predicted molar refractivity (Wildman–Crippen MR) is 113 cm³/mol. The molecular formula is C22H26N4O4. The molecular weight excluding hydrogens is 384 g/mol. The van der Waals surface area contributed by atoms with Crippen LogP contribution in [0.4, 0.5) is 0 Å². The molecule has 1 amide bonds. The average molecular weight is 410 g/mol. The molecule has 0 spiro atoms.